The fourth-order valence-electron chi connectivity index (χ4n) is 3.37. The predicted octanol–water partition coefficient (Wildman–Crippen LogP) is 2.64. The molecule has 0 aliphatic carbocycles. The highest BCUT2D eigenvalue weighted by atomic mass is 32.2. The van der Waals surface area contributed by atoms with Crippen molar-refractivity contribution in [3.05, 3.63) is 23.8 Å². The van der Waals surface area contributed by atoms with E-state index in [0.717, 1.165) is 21.0 Å². The minimum atomic E-state index is 0.0231. The van der Waals surface area contributed by atoms with E-state index in [2.05, 4.69) is 15.6 Å². The molecule has 0 saturated carbocycles. The molecule has 1 aromatic carbocycles. The van der Waals surface area contributed by atoms with Crippen molar-refractivity contribution >= 4 is 39.2 Å². The quantitative estimate of drug-likeness (QED) is 0.854. The molecule has 4 nitrogen and oxygen atoms in total. The number of benzene rings is 1. The van der Waals surface area contributed by atoms with Gasteiger partial charge in [-0.15, -0.1) is 11.3 Å². The number of hydrogen-bond donors (Lipinski definition) is 2. The van der Waals surface area contributed by atoms with Crippen LogP contribution in [0.2, 0.25) is 0 Å². The van der Waals surface area contributed by atoms with Gasteiger partial charge >= 0.3 is 0 Å². The molecule has 2 saturated heterocycles. The molecule has 1 aromatic heterocycles. The van der Waals surface area contributed by atoms with E-state index in [-0.39, 0.29) is 11.9 Å². The Morgan fingerprint density at radius 3 is 3.10 bits per heavy atom. The summed E-state index contributed by atoms with van der Waals surface area (Å²) in [5.74, 6) is 0.0231. The molecule has 2 aliphatic heterocycles. The number of nitrogens with one attached hydrogen (secondary N) is 2. The van der Waals surface area contributed by atoms with Gasteiger partial charge in [0.2, 0.25) is 0 Å². The molecular weight excluding hydrogens is 302 g/mol. The fraction of sp³-hybridized carbons (Fsp3) is 0.467. The number of carbonyl (C=O) groups is 1. The highest BCUT2D eigenvalue weighted by molar-refractivity contribution is 8.00. The predicted molar refractivity (Wildman–Crippen MR) is 87.2 cm³/mol. The van der Waals surface area contributed by atoms with Gasteiger partial charge in [0.05, 0.1) is 10.2 Å². The van der Waals surface area contributed by atoms with Crippen LogP contribution in [0.15, 0.2) is 22.5 Å². The molecule has 2 N–H and O–H groups in total. The Balaban J connectivity index is 1.53. The first-order valence-corrected chi connectivity index (χ1v) is 9.28. The summed E-state index contributed by atoms with van der Waals surface area (Å²) >= 11 is 3.31. The summed E-state index contributed by atoms with van der Waals surface area (Å²) in [6, 6.07) is 7.16. The Bertz CT molecular complexity index is 699. The monoisotopic (exact) mass is 319 g/mol. The van der Waals surface area contributed by atoms with Crippen molar-refractivity contribution < 1.29 is 4.79 Å². The molecule has 3 atom stereocenters. The van der Waals surface area contributed by atoms with Gasteiger partial charge in [-0.1, -0.05) is 11.8 Å². The molecule has 110 valence electrons. The van der Waals surface area contributed by atoms with Crippen LogP contribution in [0.3, 0.4) is 0 Å². The van der Waals surface area contributed by atoms with Crippen LogP contribution in [-0.2, 0) is 0 Å². The lowest BCUT2D eigenvalue weighted by atomic mass is 9.95. The lowest BCUT2D eigenvalue weighted by molar-refractivity contribution is 0.0931. The van der Waals surface area contributed by atoms with Crippen LogP contribution < -0.4 is 10.6 Å². The van der Waals surface area contributed by atoms with Crippen molar-refractivity contribution in [3.63, 3.8) is 0 Å². The van der Waals surface area contributed by atoms with Crippen LogP contribution >= 0.6 is 23.1 Å². The van der Waals surface area contributed by atoms with E-state index in [0.29, 0.717) is 17.6 Å². The topological polar surface area (TPSA) is 54.0 Å². The number of amides is 1. The van der Waals surface area contributed by atoms with Gasteiger partial charge in [0, 0.05) is 23.7 Å². The van der Waals surface area contributed by atoms with Gasteiger partial charge in [0.25, 0.3) is 5.91 Å². The molecule has 2 aliphatic rings. The van der Waals surface area contributed by atoms with Gasteiger partial charge < -0.3 is 10.6 Å². The third kappa shape index (κ3) is 2.45. The molecule has 4 rings (SSSR count). The standard InChI is InChI=1S/C15H17N3OS2/c1-20-15-18-12-6-8(2-5-13(12)21-15)14(19)17-11-7-9-3-4-10(11)16-9/h2,5-6,9-11,16H,3-4,7H2,1H3,(H,17,19)/t9-,10+,11-/m1/s1. The molecule has 0 radical (unpaired) electrons. The summed E-state index contributed by atoms with van der Waals surface area (Å²) in [6.45, 7) is 0. The SMILES string of the molecule is CSc1nc2cc(C(=O)N[C@@H]3C[C@H]4CC[C@@H]3N4)ccc2s1. The summed E-state index contributed by atoms with van der Waals surface area (Å²) in [5, 5.41) is 6.73. The maximum Gasteiger partial charge on any atom is 0.251 e. The van der Waals surface area contributed by atoms with Crippen molar-refractivity contribution in [3.8, 4) is 0 Å². The lowest BCUT2D eigenvalue weighted by Crippen LogP contribution is -2.42. The van der Waals surface area contributed by atoms with E-state index in [1.807, 2.05) is 24.5 Å². The molecule has 21 heavy (non-hydrogen) atoms. The van der Waals surface area contributed by atoms with Gasteiger partial charge in [-0.05, 0) is 43.7 Å². The third-order valence-electron chi connectivity index (χ3n) is 4.42. The minimum Gasteiger partial charge on any atom is -0.348 e. The van der Waals surface area contributed by atoms with Crippen LogP contribution in [-0.4, -0.2) is 35.3 Å². The lowest BCUT2D eigenvalue weighted by Gasteiger charge is -2.21. The highest BCUT2D eigenvalue weighted by Crippen LogP contribution is 2.30. The maximum atomic E-state index is 12.4. The van der Waals surface area contributed by atoms with Gasteiger partial charge in [-0.2, -0.15) is 0 Å². The van der Waals surface area contributed by atoms with Crippen molar-refractivity contribution in [2.45, 2.75) is 41.7 Å². The van der Waals surface area contributed by atoms with Crippen LogP contribution in [0.1, 0.15) is 29.6 Å². The van der Waals surface area contributed by atoms with E-state index < -0.39 is 0 Å². The number of fused-ring (bicyclic) bond motifs is 3. The number of carbonyl (C=O) groups excluding carboxylic acids is 1. The Kier molecular flexibility index (Phi) is 3.40. The van der Waals surface area contributed by atoms with Crippen LogP contribution in [0.25, 0.3) is 10.2 Å². The van der Waals surface area contributed by atoms with Gasteiger partial charge in [-0.3, -0.25) is 4.79 Å². The van der Waals surface area contributed by atoms with E-state index in [4.69, 9.17) is 0 Å². The Morgan fingerprint density at radius 1 is 1.48 bits per heavy atom. The summed E-state index contributed by atoms with van der Waals surface area (Å²) in [7, 11) is 0. The second-order valence-corrected chi connectivity index (χ2v) is 7.81. The molecule has 3 heterocycles. The maximum absolute atomic E-state index is 12.4. The summed E-state index contributed by atoms with van der Waals surface area (Å²) < 4.78 is 2.18. The van der Waals surface area contributed by atoms with Crippen LogP contribution in [0, 0.1) is 0 Å². The average Bonchev–Trinajstić information content (AvgIpc) is 3.20. The minimum absolute atomic E-state index is 0.0231. The van der Waals surface area contributed by atoms with Gasteiger partial charge in [0.15, 0.2) is 4.34 Å². The molecule has 0 unspecified atom stereocenters. The third-order valence-corrected chi connectivity index (χ3v) is 6.44. The second kappa shape index (κ2) is 5.26. The van der Waals surface area contributed by atoms with Crippen LogP contribution in [0.4, 0.5) is 0 Å². The largest absolute Gasteiger partial charge is 0.348 e. The van der Waals surface area contributed by atoms with Crippen molar-refractivity contribution in [1.29, 1.82) is 0 Å². The normalized spacial score (nSPS) is 27.4. The number of thioether (sulfide) groups is 1. The molecule has 2 fully saturated rings. The molecule has 6 heteroatoms. The molecular formula is C15H17N3OS2. The summed E-state index contributed by atoms with van der Waals surface area (Å²) in [5.41, 5.74) is 1.63. The first kappa shape index (κ1) is 13.5. The zero-order valence-corrected chi connectivity index (χ0v) is 13.4. The average molecular weight is 319 g/mol. The highest BCUT2D eigenvalue weighted by Gasteiger charge is 2.39. The zero-order chi connectivity index (χ0) is 14.4. The molecule has 1 amide bonds. The number of thiazole rings is 1. The van der Waals surface area contributed by atoms with E-state index in [1.165, 1.54) is 12.8 Å². The molecule has 2 aromatic rings. The number of rotatable bonds is 3. The molecule has 0 spiro atoms. The summed E-state index contributed by atoms with van der Waals surface area (Å²) in [6.07, 6.45) is 5.51. The van der Waals surface area contributed by atoms with E-state index in [1.54, 1.807) is 23.1 Å². The van der Waals surface area contributed by atoms with Crippen molar-refractivity contribution in [2.75, 3.05) is 6.26 Å². The van der Waals surface area contributed by atoms with Crippen molar-refractivity contribution in [1.82, 2.24) is 15.6 Å². The number of nitrogens with zero attached hydrogens (tertiary/aromatic N) is 1. The Hall–Kier alpha value is -1.11. The zero-order valence-electron chi connectivity index (χ0n) is 11.8. The summed E-state index contributed by atoms with van der Waals surface area (Å²) in [4.78, 5) is 17.0. The first-order chi connectivity index (χ1) is 10.2. The van der Waals surface area contributed by atoms with Crippen LogP contribution in [0.5, 0.6) is 0 Å². The molecule has 2 bridgehead atoms. The second-order valence-electron chi connectivity index (χ2n) is 5.73. The van der Waals surface area contributed by atoms with E-state index >= 15 is 0 Å². The van der Waals surface area contributed by atoms with Gasteiger partial charge in [0.1, 0.15) is 0 Å². The van der Waals surface area contributed by atoms with Gasteiger partial charge in [-0.25, -0.2) is 4.98 Å². The van der Waals surface area contributed by atoms with E-state index in [9.17, 15) is 4.79 Å². The van der Waals surface area contributed by atoms with Crippen molar-refractivity contribution in [2.24, 2.45) is 0 Å². The fourth-order valence-corrected chi connectivity index (χ4v) is 4.84. The number of aromatic nitrogens is 1. The number of hydrogen-bond acceptors (Lipinski definition) is 5. The first-order valence-electron chi connectivity index (χ1n) is 7.24. The Morgan fingerprint density at radius 2 is 2.38 bits per heavy atom. The Labute approximate surface area is 131 Å². The smallest absolute Gasteiger partial charge is 0.251 e.